The van der Waals surface area contributed by atoms with E-state index in [4.69, 9.17) is 4.74 Å². The molecule has 1 amide bonds. The van der Waals surface area contributed by atoms with E-state index >= 15 is 0 Å². The van der Waals surface area contributed by atoms with Crippen LogP contribution in [0, 0.1) is 0 Å². The Hall–Kier alpha value is -1.85. The molecule has 3 heterocycles. The van der Waals surface area contributed by atoms with Crippen LogP contribution in [0.4, 0.5) is 10.5 Å². The molecule has 1 aromatic rings. The molecule has 2 saturated heterocycles. The van der Waals surface area contributed by atoms with Gasteiger partial charge in [0.15, 0.2) is 0 Å². The molecule has 120 valence electrons. The van der Waals surface area contributed by atoms with Crippen LogP contribution in [0.15, 0.2) is 18.7 Å². The molecule has 0 aliphatic carbocycles. The molecule has 2 aliphatic rings. The number of fused-ring (bicyclic) bond motifs is 2. The lowest BCUT2D eigenvalue weighted by Crippen LogP contribution is -2.51. The van der Waals surface area contributed by atoms with E-state index < -0.39 is 5.60 Å². The van der Waals surface area contributed by atoms with Gasteiger partial charge in [0, 0.05) is 18.1 Å². The normalized spacial score (nSPS) is 27.6. The third-order valence-corrected chi connectivity index (χ3v) is 4.27. The fourth-order valence-electron chi connectivity index (χ4n) is 3.52. The minimum atomic E-state index is -0.438. The Kier molecular flexibility index (Phi) is 3.93. The van der Waals surface area contributed by atoms with Crippen LogP contribution in [0.5, 0.6) is 0 Å². The number of hydrogen-bond acceptors (Lipinski definition) is 5. The Balaban J connectivity index is 1.63. The summed E-state index contributed by atoms with van der Waals surface area (Å²) < 4.78 is 5.56. The highest BCUT2D eigenvalue weighted by Crippen LogP contribution is 2.37. The van der Waals surface area contributed by atoms with Crippen molar-refractivity contribution in [2.75, 3.05) is 5.32 Å². The molecule has 1 aromatic heterocycles. The van der Waals surface area contributed by atoms with Crippen molar-refractivity contribution in [3.8, 4) is 0 Å². The van der Waals surface area contributed by atoms with E-state index in [1.54, 1.807) is 12.4 Å². The fourth-order valence-corrected chi connectivity index (χ4v) is 3.52. The van der Waals surface area contributed by atoms with Gasteiger partial charge in [-0.2, -0.15) is 0 Å². The highest BCUT2D eigenvalue weighted by molar-refractivity contribution is 5.69. The molecule has 22 heavy (non-hydrogen) atoms. The van der Waals surface area contributed by atoms with Gasteiger partial charge < -0.3 is 15.0 Å². The molecular formula is C16H24N4O2. The van der Waals surface area contributed by atoms with Crippen molar-refractivity contribution >= 4 is 11.8 Å². The van der Waals surface area contributed by atoms with Crippen molar-refractivity contribution in [2.24, 2.45) is 0 Å². The smallest absolute Gasteiger partial charge is 0.410 e. The first-order chi connectivity index (χ1) is 10.4. The third kappa shape index (κ3) is 3.31. The van der Waals surface area contributed by atoms with Gasteiger partial charge in [0.05, 0.1) is 18.1 Å². The number of piperidine rings is 1. The highest BCUT2D eigenvalue weighted by atomic mass is 16.6. The molecule has 2 fully saturated rings. The zero-order valence-corrected chi connectivity index (χ0v) is 13.5. The van der Waals surface area contributed by atoms with Gasteiger partial charge in [-0.25, -0.2) is 14.8 Å². The van der Waals surface area contributed by atoms with E-state index in [9.17, 15) is 4.79 Å². The Morgan fingerprint density at radius 1 is 1.23 bits per heavy atom. The molecule has 3 rings (SSSR count). The molecule has 2 bridgehead atoms. The molecule has 0 radical (unpaired) electrons. The Morgan fingerprint density at radius 2 is 1.82 bits per heavy atom. The quantitative estimate of drug-likeness (QED) is 0.910. The van der Waals surface area contributed by atoms with E-state index in [0.29, 0.717) is 6.04 Å². The average Bonchev–Trinajstić information content (AvgIpc) is 2.70. The molecule has 2 atom stereocenters. The molecule has 0 saturated carbocycles. The van der Waals surface area contributed by atoms with Gasteiger partial charge in [-0.3, -0.25) is 0 Å². The predicted molar refractivity (Wildman–Crippen MR) is 83.6 cm³/mol. The van der Waals surface area contributed by atoms with E-state index in [1.165, 1.54) is 6.33 Å². The van der Waals surface area contributed by atoms with Crippen molar-refractivity contribution in [3.05, 3.63) is 18.7 Å². The van der Waals surface area contributed by atoms with Gasteiger partial charge in [0.25, 0.3) is 0 Å². The van der Waals surface area contributed by atoms with Gasteiger partial charge in [-0.1, -0.05) is 0 Å². The predicted octanol–water partition coefficient (Wildman–Crippen LogP) is 2.82. The van der Waals surface area contributed by atoms with Gasteiger partial charge in [-0.05, 0) is 46.5 Å². The Bertz CT molecular complexity index is 515. The lowest BCUT2D eigenvalue weighted by atomic mass is 9.97. The Labute approximate surface area is 131 Å². The lowest BCUT2D eigenvalue weighted by molar-refractivity contribution is 0.00683. The van der Waals surface area contributed by atoms with Crippen LogP contribution < -0.4 is 5.32 Å². The third-order valence-electron chi connectivity index (χ3n) is 4.27. The van der Waals surface area contributed by atoms with Gasteiger partial charge in [0.1, 0.15) is 11.9 Å². The van der Waals surface area contributed by atoms with Gasteiger partial charge >= 0.3 is 6.09 Å². The van der Waals surface area contributed by atoms with Crippen LogP contribution in [-0.4, -0.2) is 44.7 Å². The molecule has 1 N–H and O–H groups in total. The summed E-state index contributed by atoms with van der Waals surface area (Å²) >= 11 is 0. The summed E-state index contributed by atoms with van der Waals surface area (Å²) in [7, 11) is 0. The summed E-state index contributed by atoms with van der Waals surface area (Å²) in [6, 6.07) is 0.911. The van der Waals surface area contributed by atoms with Crippen molar-refractivity contribution in [3.63, 3.8) is 0 Å². The molecule has 6 nitrogen and oxygen atoms in total. The minimum absolute atomic E-state index is 0.165. The first kappa shape index (κ1) is 15.1. The maximum Gasteiger partial charge on any atom is 0.410 e. The van der Waals surface area contributed by atoms with Crippen LogP contribution in [0.1, 0.15) is 46.5 Å². The van der Waals surface area contributed by atoms with E-state index in [2.05, 4.69) is 15.3 Å². The lowest BCUT2D eigenvalue weighted by Gasteiger charge is -2.39. The van der Waals surface area contributed by atoms with Gasteiger partial charge in [-0.15, -0.1) is 0 Å². The van der Waals surface area contributed by atoms with Crippen LogP contribution >= 0.6 is 0 Å². The van der Waals surface area contributed by atoms with Crippen molar-refractivity contribution in [1.29, 1.82) is 0 Å². The van der Waals surface area contributed by atoms with E-state index in [-0.39, 0.29) is 18.2 Å². The topological polar surface area (TPSA) is 67.3 Å². The maximum absolute atomic E-state index is 12.4. The second-order valence-electron chi connectivity index (χ2n) is 7.21. The summed E-state index contributed by atoms with van der Waals surface area (Å²) in [5.74, 6) is 0. The monoisotopic (exact) mass is 304 g/mol. The van der Waals surface area contributed by atoms with Crippen LogP contribution in [0.3, 0.4) is 0 Å². The first-order valence-corrected chi connectivity index (χ1v) is 7.95. The minimum Gasteiger partial charge on any atom is -0.444 e. The second-order valence-corrected chi connectivity index (χ2v) is 7.21. The molecule has 6 heteroatoms. The largest absolute Gasteiger partial charge is 0.444 e. The van der Waals surface area contributed by atoms with Crippen molar-refractivity contribution < 1.29 is 9.53 Å². The van der Waals surface area contributed by atoms with Gasteiger partial charge in [0.2, 0.25) is 0 Å². The van der Waals surface area contributed by atoms with Crippen LogP contribution in [0.2, 0.25) is 0 Å². The fraction of sp³-hybridized carbons (Fsp3) is 0.688. The molecule has 2 unspecified atom stereocenters. The standard InChI is InChI=1S/C16H24N4O2/c1-16(2,3)22-15(21)20-13-4-5-14(20)7-11(6-13)19-12-8-17-10-18-9-12/h8-11,13-14,19H,4-7H2,1-3H3. The SMILES string of the molecule is CC(C)(C)OC(=O)N1C2CCC1CC(Nc1cncnc1)C2. The number of amides is 1. The number of nitrogens with one attached hydrogen (secondary N) is 1. The molecule has 0 aromatic carbocycles. The number of aromatic nitrogens is 2. The van der Waals surface area contributed by atoms with E-state index in [0.717, 1.165) is 31.4 Å². The zero-order valence-electron chi connectivity index (χ0n) is 13.5. The first-order valence-electron chi connectivity index (χ1n) is 7.95. The molecular weight excluding hydrogens is 280 g/mol. The highest BCUT2D eigenvalue weighted by Gasteiger charge is 2.44. The van der Waals surface area contributed by atoms with Crippen LogP contribution in [-0.2, 0) is 4.74 Å². The number of anilines is 1. The molecule has 2 aliphatic heterocycles. The summed E-state index contributed by atoms with van der Waals surface area (Å²) in [6.07, 6.45) is 8.96. The maximum atomic E-state index is 12.4. The Morgan fingerprint density at radius 3 is 2.36 bits per heavy atom. The zero-order chi connectivity index (χ0) is 15.7. The summed E-state index contributed by atoms with van der Waals surface area (Å²) in [4.78, 5) is 22.4. The summed E-state index contributed by atoms with van der Waals surface area (Å²) in [5, 5.41) is 3.49. The van der Waals surface area contributed by atoms with Crippen molar-refractivity contribution in [1.82, 2.24) is 14.9 Å². The van der Waals surface area contributed by atoms with Crippen LogP contribution in [0.25, 0.3) is 0 Å². The van der Waals surface area contributed by atoms with Crippen molar-refractivity contribution in [2.45, 2.75) is 70.2 Å². The number of rotatable bonds is 2. The second kappa shape index (κ2) is 5.74. The van der Waals surface area contributed by atoms with E-state index in [1.807, 2.05) is 25.7 Å². The number of carbonyl (C=O) groups excluding carboxylic acids is 1. The average molecular weight is 304 g/mol. The number of ether oxygens (including phenoxy) is 1. The molecule has 0 spiro atoms. The summed E-state index contributed by atoms with van der Waals surface area (Å²) in [6.45, 7) is 5.74. The number of hydrogen-bond donors (Lipinski definition) is 1. The number of nitrogens with zero attached hydrogens (tertiary/aromatic N) is 3. The number of carbonyl (C=O) groups is 1. The summed E-state index contributed by atoms with van der Waals surface area (Å²) in [5.41, 5.74) is 0.505.